The van der Waals surface area contributed by atoms with Crippen LogP contribution < -0.4 is 10.1 Å². The quantitative estimate of drug-likeness (QED) is 0.862. The Morgan fingerprint density at radius 1 is 1.29 bits per heavy atom. The number of anilines is 1. The third-order valence-corrected chi connectivity index (χ3v) is 2.99. The van der Waals surface area contributed by atoms with E-state index in [0.29, 0.717) is 22.0 Å². The summed E-state index contributed by atoms with van der Waals surface area (Å²) in [5.41, 5.74) is 1.16. The fourth-order valence-electron chi connectivity index (χ4n) is 1.71. The predicted octanol–water partition coefficient (Wildman–Crippen LogP) is 4.14. The summed E-state index contributed by atoms with van der Waals surface area (Å²) >= 11 is 5.97. The lowest BCUT2D eigenvalue weighted by Gasteiger charge is -2.06. The molecular formula is C16H13ClFNO2. The van der Waals surface area contributed by atoms with Crippen molar-refractivity contribution >= 4 is 29.3 Å². The molecule has 0 aromatic heterocycles. The number of hydrogen-bond donors (Lipinski definition) is 1. The van der Waals surface area contributed by atoms with Crippen LogP contribution in [-0.2, 0) is 4.79 Å². The van der Waals surface area contributed by atoms with E-state index in [-0.39, 0.29) is 11.7 Å². The highest BCUT2D eigenvalue weighted by atomic mass is 35.5. The van der Waals surface area contributed by atoms with E-state index < -0.39 is 0 Å². The van der Waals surface area contributed by atoms with Gasteiger partial charge in [-0.15, -0.1) is 0 Å². The average Bonchev–Trinajstić information content (AvgIpc) is 2.45. The Morgan fingerprint density at radius 2 is 2.10 bits per heavy atom. The first-order chi connectivity index (χ1) is 10.1. The monoisotopic (exact) mass is 305 g/mol. The van der Waals surface area contributed by atoms with Crippen LogP contribution in [0.1, 0.15) is 5.56 Å². The molecule has 0 radical (unpaired) electrons. The molecule has 108 valence electrons. The van der Waals surface area contributed by atoms with Gasteiger partial charge in [-0.1, -0.05) is 23.7 Å². The number of hydrogen-bond acceptors (Lipinski definition) is 2. The summed E-state index contributed by atoms with van der Waals surface area (Å²) in [5, 5.41) is 3.07. The molecule has 5 heteroatoms. The normalized spacial score (nSPS) is 10.6. The van der Waals surface area contributed by atoms with Crippen molar-refractivity contribution in [1.82, 2.24) is 0 Å². The zero-order chi connectivity index (χ0) is 15.2. The molecule has 1 amide bonds. The highest BCUT2D eigenvalue weighted by Gasteiger charge is 2.03. The Kier molecular flexibility index (Phi) is 4.95. The van der Waals surface area contributed by atoms with Gasteiger partial charge in [-0.05, 0) is 42.0 Å². The second kappa shape index (κ2) is 6.90. The van der Waals surface area contributed by atoms with E-state index in [1.807, 2.05) is 0 Å². The van der Waals surface area contributed by atoms with Crippen molar-refractivity contribution in [3.8, 4) is 5.75 Å². The smallest absolute Gasteiger partial charge is 0.248 e. The van der Waals surface area contributed by atoms with Gasteiger partial charge in [0.15, 0.2) is 0 Å². The summed E-state index contributed by atoms with van der Waals surface area (Å²) < 4.78 is 18.0. The number of nitrogens with one attached hydrogen (secondary N) is 1. The van der Waals surface area contributed by atoms with Crippen LogP contribution in [0.15, 0.2) is 48.5 Å². The molecule has 0 saturated carbocycles. The van der Waals surface area contributed by atoms with Gasteiger partial charge >= 0.3 is 0 Å². The van der Waals surface area contributed by atoms with E-state index >= 15 is 0 Å². The first-order valence-electron chi connectivity index (χ1n) is 6.16. The Hall–Kier alpha value is -2.33. The molecule has 0 fully saturated rings. The molecule has 2 aromatic carbocycles. The number of ether oxygens (including phenoxy) is 1. The zero-order valence-corrected chi connectivity index (χ0v) is 12.0. The molecule has 0 spiro atoms. The fourth-order valence-corrected chi connectivity index (χ4v) is 1.97. The van der Waals surface area contributed by atoms with Gasteiger partial charge in [-0.25, -0.2) is 4.39 Å². The Bertz CT molecular complexity index is 686. The molecule has 0 bridgehead atoms. The van der Waals surface area contributed by atoms with Crippen LogP contribution in [0.4, 0.5) is 10.1 Å². The Morgan fingerprint density at radius 3 is 2.76 bits per heavy atom. The highest BCUT2D eigenvalue weighted by molar-refractivity contribution is 6.32. The molecule has 2 aromatic rings. The van der Waals surface area contributed by atoms with Crippen molar-refractivity contribution in [3.05, 3.63) is 64.9 Å². The minimum absolute atomic E-state index is 0.333. The van der Waals surface area contributed by atoms with Gasteiger partial charge in [0.25, 0.3) is 0 Å². The van der Waals surface area contributed by atoms with Gasteiger partial charge in [-0.3, -0.25) is 4.79 Å². The summed E-state index contributed by atoms with van der Waals surface area (Å²) in [4.78, 5) is 11.8. The van der Waals surface area contributed by atoms with Crippen molar-refractivity contribution in [3.63, 3.8) is 0 Å². The molecule has 0 saturated heterocycles. The second-order valence-electron chi connectivity index (χ2n) is 4.23. The third-order valence-electron chi connectivity index (χ3n) is 2.70. The van der Waals surface area contributed by atoms with Crippen molar-refractivity contribution in [2.75, 3.05) is 12.4 Å². The molecular weight excluding hydrogens is 293 g/mol. The van der Waals surface area contributed by atoms with E-state index in [9.17, 15) is 9.18 Å². The van der Waals surface area contributed by atoms with Gasteiger partial charge < -0.3 is 10.1 Å². The number of rotatable bonds is 4. The van der Waals surface area contributed by atoms with Gasteiger partial charge in [-0.2, -0.15) is 0 Å². The molecule has 1 N–H and O–H groups in total. The van der Waals surface area contributed by atoms with Gasteiger partial charge in [0, 0.05) is 11.8 Å². The van der Waals surface area contributed by atoms with Crippen LogP contribution in [0.2, 0.25) is 5.02 Å². The first kappa shape index (κ1) is 15.1. The summed E-state index contributed by atoms with van der Waals surface area (Å²) in [6, 6.07) is 10.9. The molecule has 21 heavy (non-hydrogen) atoms. The number of amides is 1. The molecule has 0 aliphatic rings. The lowest BCUT2D eigenvalue weighted by molar-refractivity contribution is -0.111. The second-order valence-corrected chi connectivity index (χ2v) is 4.63. The number of benzene rings is 2. The number of carbonyl (C=O) groups is 1. The summed E-state index contributed by atoms with van der Waals surface area (Å²) in [6.45, 7) is 0. The van der Waals surface area contributed by atoms with Crippen molar-refractivity contribution in [2.45, 2.75) is 0 Å². The van der Waals surface area contributed by atoms with Gasteiger partial charge in [0.05, 0.1) is 12.1 Å². The Balaban J connectivity index is 2.03. The molecule has 0 unspecified atom stereocenters. The average molecular weight is 306 g/mol. The Labute approximate surface area is 127 Å². The van der Waals surface area contributed by atoms with Crippen LogP contribution in [0.3, 0.4) is 0 Å². The van der Waals surface area contributed by atoms with E-state index in [0.717, 1.165) is 0 Å². The lowest BCUT2D eigenvalue weighted by atomic mass is 10.2. The molecule has 2 rings (SSSR count). The number of methoxy groups -OCH3 is 1. The van der Waals surface area contributed by atoms with E-state index in [2.05, 4.69) is 5.32 Å². The molecule has 0 heterocycles. The largest absolute Gasteiger partial charge is 0.495 e. The van der Waals surface area contributed by atoms with E-state index in [4.69, 9.17) is 16.3 Å². The maximum absolute atomic E-state index is 13.0. The molecule has 0 aliphatic heterocycles. The van der Waals surface area contributed by atoms with E-state index in [1.54, 1.807) is 30.3 Å². The van der Waals surface area contributed by atoms with Crippen LogP contribution in [-0.4, -0.2) is 13.0 Å². The van der Waals surface area contributed by atoms with Crippen LogP contribution in [0.5, 0.6) is 5.75 Å². The summed E-state index contributed by atoms with van der Waals surface area (Å²) in [6.07, 6.45) is 2.86. The lowest BCUT2D eigenvalue weighted by Crippen LogP contribution is -2.07. The molecule has 0 atom stereocenters. The van der Waals surface area contributed by atoms with Crippen LogP contribution >= 0.6 is 11.6 Å². The summed E-state index contributed by atoms with van der Waals surface area (Å²) in [5.74, 6) is -0.148. The SMILES string of the molecule is COc1ccc(NC(=O)/C=C/c2cccc(F)c2)cc1Cl. The zero-order valence-electron chi connectivity index (χ0n) is 11.3. The molecule has 0 aliphatic carbocycles. The number of halogens is 2. The fraction of sp³-hybridized carbons (Fsp3) is 0.0625. The topological polar surface area (TPSA) is 38.3 Å². The highest BCUT2D eigenvalue weighted by Crippen LogP contribution is 2.27. The van der Waals surface area contributed by atoms with Crippen molar-refractivity contribution in [2.24, 2.45) is 0 Å². The van der Waals surface area contributed by atoms with Crippen molar-refractivity contribution < 1.29 is 13.9 Å². The number of carbonyl (C=O) groups excluding carboxylic acids is 1. The van der Waals surface area contributed by atoms with E-state index in [1.165, 1.54) is 31.4 Å². The van der Waals surface area contributed by atoms with Gasteiger partial charge in [0.1, 0.15) is 11.6 Å². The predicted molar refractivity (Wildman–Crippen MR) is 82.1 cm³/mol. The minimum atomic E-state index is -0.348. The molecule has 3 nitrogen and oxygen atoms in total. The first-order valence-corrected chi connectivity index (χ1v) is 6.54. The van der Waals surface area contributed by atoms with Gasteiger partial charge in [0.2, 0.25) is 5.91 Å². The standard InChI is InChI=1S/C16H13ClFNO2/c1-21-15-7-6-13(10-14(15)17)19-16(20)8-5-11-3-2-4-12(18)9-11/h2-10H,1H3,(H,19,20)/b8-5+. The maximum Gasteiger partial charge on any atom is 0.248 e. The maximum atomic E-state index is 13.0. The van der Waals surface area contributed by atoms with Crippen LogP contribution in [0.25, 0.3) is 6.08 Å². The third kappa shape index (κ3) is 4.33. The summed E-state index contributed by atoms with van der Waals surface area (Å²) in [7, 11) is 1.52. The van der Waals surface area contributed by atoms with Crippen LogP contribution in [0, 0.1) is 5.82 Å². The van der Waals surface area contributed by atoms with Crippen molar-refractivity contribution in [1.29, 1.82) is 0 Å². The minimum Gasteiger partial charge on any atom is -0.495 e.